The highest BCUT2D eigenvalue weighted by molar-refractivity contribution is 6.21. The molecule has 3 atom stereocenters. The van der Waals surface area contributed by atoms with Crippen LogP contribution in [0, 0.1) is 12.3 Å². The molecule has 0 spiro atoms. The summed E-state index contributed by atoms with van der Waals surface area (Å²) in [6.45, 7) is 2.09. The Hall–Kier alpha value is -0.970. The average molecular weight is 237 g/mol. The van der Waals surface area contributed by atoms with Crippen molar-refractivity contribution < 1.29 is 4.74 Å². The Morgan fingerprint density at radius 2 is 2.38 bits per heavy atom. The quantitative estimate of drug-likeness (QED) is 0.527. The number of hydrogen-bond donors (Lipinski definition) is 0. The van der Waals surface area contributed by atoms with Gasteiger partial charge < -0.3 is 4.74 Å². The molecule has 0 saturated carbocycles. The van der Waals surface area contributed by atoms with Crippen molar-refractivity contribution in [2.24, 2.45) is 0 Å². The first-order chi connectivity index (χ1) is 7.77. The van der Waals surface area contributed by atoms with Gasteiger partial charge in [0.15, 0.2) is 0 Å². The summed E-state index contributed by atoms with van der Waals surface area (Å²) in [5.41, 5.74) is 0. The normalized spacial score (nSPS) is 34.7. The van der Waals surface area contributed by atoms with Crippen molar-refractivity contribution in [3.8, 4) is 12.3 Å². The summed E-state index contributed by atoms with van der Waals surface area (Å²) in [5.74, 6) is 2.46. The molecule has 0 saturated heterocycles. The second kappa shape index (κ2) is 7.33. The number of hydrogen-bond acceptors (Lipinski definition) is 1. The highest BCUT2D eigenvalue weighted by atomic mass is 35.5. The van der Waals surface area contributed by atoms with Crippen LogP contribution >= 0.6 is 11.6 Å². The van der Waals surface area contributed by atoms with E-state index in [-0.39, 0.29) is 17.6 Å². The maximum Gasteiger partial charge on any atom is 0.0939 e. The zero-order valence-electron chi connectivity index (χ0n) is 9.47. The molecule has 0 amide bonds. The number of halogens is 1. The molecular formula is C14H17ClO. The van der Waals surface area contributed by atoms with Crippen molar-refractivity contribution in [2.75, 3.05) is 0 Å². The minimum absolute atomic E-state index is 0.0743. The second-order valence-corrected chi connectivity index (χ2v) is 4.20. The molecule has 0 aromatic rings. The van der Waals surface area contributed by atoms with Crippen LogP contribution in [-0.4, -0.2) is 17.6 Å². The van der Waals surface area contributed by atoms with Crippen LogP contribution in [-0.2, 0) is 4.74 Å². The summed E-state index contributed by atoms with van der Waals surface area (Å²) in [4.78, 5) is 0. The van der Waals surface area contributed by atoms with Gasteiger partial charge in [-0.25, -0.2) is 0 Å². The standard InChI is InChI=1S/C14H17ClO/c1-3-5-11-14-13(15)10-8-6-7-9-12(4-2)16-14/h1,5-9,11-14H,4,10H2,2H3/b8-6-,9-7-,11-5-/t12-,13-,14-/m0/s1. The van der Waals surface area contributed by atoms with Crippen LogP contribution in [0.25, 0.3) is 0 Å². The minimum Gasteiger partial charge on any atom is -0.365 e. The lowest BCUT2D eigenvalue weighted by Gasteiger charge is -2.22. The molecule has 1 aliphatic heterocycles. The summed E-state index contributed by atoms with van der Waals surface area (Å²) in [6.07, 6.45) is 18.5. The van der Waals surface area contributed by atoms with E-state index in [1.807, 2.05) is 30.4 Å². The minimum atomic E-state index is -0.130. The Bertz CT molecular complexity index is 322. The van der Waals surface area contributed by atoms with Crippen molar-refractivity contribution in [2.45, 2.75) is 37.4 Å². The van der Waals surface area contributed by atoms with E-state index in [2.05, 4.69) is 12.8 Å². The van der Waals surface area contributed by atoms with E-state index in [0.717, 1.165) is 12.8 Å². The summed E-state index contributed by atoms with van der Waals surface area (Å²) >= 11 is 6.27. The van der Waals surface area contributed by atoms with Gasteiger partial charge in [0.1, 0.15) is 0 Å². The van der Waals surface area contributed by atoms with Crippen molar-refractivity contribution in [1.29, 1.82) is 0 Å². The Balaban J connectivity index is 2.77. The molecule has 0 radical (unpaired) electrons. The van der Waals surface area contributed by atoms with Crippen LogP contribution in [0.2, 0.25) is 0 Å². The fraction of sp³-hybridized carbons (Fsp3) is 0.429. The maximum absolute atomic E-state index is 6.27. The molecule has 1 rings (SSSR count). The highest BCUT2D eigenvalue weighted by Crippen LogP contribution is 2.18. The topological polar surface area (TPSA) is 9.23 Å². The van der Waals surface area contributed by atoms with Gasteiger partial charge in [0.2, 0.25) is 0 Å². The number of rotatable bonds is 2. The van der Waals surface area contributed by atoms with Gasteiger partial charge in [-0.1, -0.05) is 37.1 Å². The van der Waals surface area contributed by atoms with E-state index in [4.69, 9.17) is 22.8 Å². The van der Waals surface area contributed by atoms with E-state index < -0.39 is 0 Å². The van der Waals surface area contributed by atoms with Crippen LogP contribution in [0.15, 0.2) is 36.5 Å². The number of allylic oxidation sites excluding steroid dienone is 4. The highest BCUT2D eigenvalue weighted by Gasteiger charge is 2.19. The monoisotopic (exact) mass is 236 g/mol. The predicted octanol–water partition coefficient (Wildman–Crippen LogP) is 3.46. The first-order valence-electron chi connectivity index (χ1n) is 5.53. The Morgan fingerprint density at radius 1 is 1.56 bits per heavy atom. The molecule has 0 aromatic heterocycles. The van der Waals surface area contributed by atoms with E-state index >= 15 is 0 Å². The fourth-order valence-corrected chi connectivity index (χ4v) is 1.74. The first kappa shape index (κ1) is 13.1. The predicted molar refractivity (Wildman–Crippen MR) is 69.5 cm³/mol. The smallest absolute Gasteiger partial charge is 0.0939 e. The zero-order valence-corrected chi connectivity index (χ0v) is 10.2. The Kier molecular flexibility index (Phi) is 6.00. The fourth-order valence-electron chi connectivity index (χ4n) is 1.49. The molecule has 1 aliphatic rings. The lowest BCUT2D eigenvalue weighted by Crippen LogP contribution is -2.26. The van der Waals surface area contributed by atoms with E-state index in [1.165, 1.54) is 0 Å². The van der Waals surface area contributed by atoms with Crippen LogP contribution in [0.1, 0.15) is 19.8 Å². The van der Waals surface area contributed by atoms with Gasteiger partial charge in [0, 0.05) is 0 Å². The molecule has 16 heavy (non-hydrogen) atoms. The summed E-state index contributed by atoms with van der Waals surface area (Å²) in [5, 5.41) is -0.0743. The van der Waals surface area contributed by atoms with Gasteiger partial charge in [-0.15, -0.1) is 18.0 Å². The van der Waals surface area contributed by atoms with Crippen LogP contribution < -0.4 is 0 Å². The van der Waals surface area contributed by atoms with E-state index in [0.29, 0.717) is 0 Å². The van der Waals surface area contributed by atoms with Crippen LogP contribution in [0.5, 0.6) is 0 Å². The molecule has 86 valence electrons. The van der Waals surface area contributed by atoms with Gasteiger partial charge in [0.25, 0.3) is 0 Å². The van der Waals surface area contributed by atoms with Crippen molar-refractivity contribution in [3.05, 3.63) is 36.5 Å². The molecule has 2 heteroatoms. The molecule has 0 unspecified atom stereocenters. The summed E-state index contributed by atoms with van der Waals surface area (Å²) < 4.78 is 5.89. The van der Waals surface area contributed by atoms with Crippen molar-refractivity contribution >= 4 is 11.6 Å². The molecule has 0 N–H and O–H groups in total. The summed E-state index contributed by atoms with van der Waals surface area (Å²) in [6, 6.07) is 0. The second-order valence-electron chi connectivity index (χ2n) is 3.64. The third-order valence-electron chi connectivity index (χ3n) is 2.41. The molecule has 0 aromatic carbocycles. The third-order valence-corrected chi connectivity index (χ3v) is 2.83. The van der Waals surface area contributed by atoms with Crippen molar-refractivity contribution in [3.63, 3.8) is 0 Å². The molecule has 0 bridgehead atoms. The van der Waals surface area contributed by atoms with Gasteiger partial charge >= 0.3 is 0 Å². The number of ether oxygens (including phenoxy) is 1. The molecule has 1 heterocycles. The Labute approximate surface area is 103 Å². The Morgan fingerprint density at radius 3 is 3.06 bits per heavy atom. The average Bonchev–Trinajstić information content (AvgIpc) is 2.38. The zero-order chi connectivity index (χ0) is 11.8. The summed E-state index contributed by atoms with van der Waals surface area (Å²) in [7, 11) is 0. The SMILES string of the molecule is C#C/C=C\[C@@H]1O[C@@H](CC)/C=C\C=C/C[C@@H]1Cl. The van der Waals surface area contributed by atoms with E-state index in [9.17, 15) is 0 Å². The number of alkyl halides is 1. The van der Waals surface area contributed by atoms with Crippen LogP contribution in [0.4, 0.5) is 0 Å². The van der Waals surface area contributed by atoms with Gasteiger partial charge in [-0.2, -0.15) is 0 Å². The van der Waals surface area contributed by atoms with Crippen molar-refractivity contribution in [1.82, 2.24) is 0 Å². The van der Waals surface area contributed by atoms with Crippen LogP contribution in [0.3, 0.4) is 0 Å². The number of terminal acetylenes is 1. The lowest BCUT2D eigenvalue weighted by atomic mass is 10.1. The molecule has 0 fully saturated rings. The maximum atomic E-state index is 6.27. The van der Waals surface area contributed by atoms with Gasteiger partial charge in [-0.05, 0) is 25.0 Å². The third kappa shape index (κ3) is 4.26. The molecular weight excluding hydrogens is 220 g/mol. The molecule has 1 nitrogen and oxygen atoms in total. The first-order valence-corrected chi connectivity index (χ1v) is 5.97. The largest absolute Gasteiger partial charge is 0.365 e. The van der Waals surface area contributed by atoms with Gasteiger partial charge in [0.05, 0.1) is 17.6 Å². The van der Waals surface area contributed by atoms with Gasteiger partial charge in [-0.3, -0.25) is 0 Å². The molecule has 0 aliphatic carbocycles. The van der Waals surface area contributed by atoms with E-state index in [1.54, 1.807) is 6.08 Å². The lowest BCUT2D eigenvalue weighted by molar-refractivity contribution is 0.0379.